The maximum atomic E-state index is 12.1. The third-order valence-corrected chi connectivity index (χ3v) is 4.54. The van der Waals surface area contributed by atoms with Gasteiger partial charge in [-0.1, -0.05) is 26.0 Å². The molecule has 0 bridgehead atoms. The molecule has 1 aliphatic heterocycles. The summed E-state index contributed by atoms with van der Waals surface area (Å²) < 4.78 is 5.71. The number of ether oxygens (including phenoxy) is 1. The molecule has 0 atom stereocenters. The van der Waals surface area contributed by atoms with Crippen molar-refractivity contribution in [2.45, 2.75) is 39.5 Å². The van der Waals surface area contributed by atoms with E-state index in [4.69, 9.17) is 10.00 Å². The zero-order chi connectivity index (χ0) is 18.1. The fourth-order valence-electron chi connectivity index (χ4n) is 2.80. The first-order valence-electron chi connectivity index (χ1n) is 9.22. The van der Waals surface area contributed by atoms with Gasteiger partial charge in [-0.2, -0.15) is 5.26 Å². The van der Waals surface area contributed by atoms with Gasteiger partial charge in [0.2, 0.25) is 0 Å². The van der Waals surface area contributed by atoms with Gasteiger partial charge >= 0.3 is 6.03 Å². The van der Waals surface area contributed by atoms with Gasteiger partial charge in [0.15, 0.2) is 0 Å². The third kappa shape index (κ3) is 6.66. The van der Waals surface area contributed by atoms with Crippen LogP contribution in [0.25, 0.3) is 0 Å². The summed E-state index contributed by atoms with van der Waals surface area (Å²) in [5.41, 5.74) is 1.18. The molecule has 0 spiro atoms. The highest BCUT2D eigenvalue weighted by atomic mass is 16.5. The number of carbonyl (C=O) groups is 1. The summed E-state index contributed by atoms with van der Waals surface area (Å²) in [5.74, 6) is 1.65. The smallest absolute Gasteiger partial charge is 0.317 e. The molecule has 1 aromatic carbocycles. The number of benzene rings is 1. The Labute approximate surface area is 151 Å². The molecule has 25 heavy (non-hydrogen) atoms. The molecule has 5 nitrogen and oxygen atoms in total. The van der Waals surface area contributed by atoms with Gasteiger partial charge in [-0.3, -0.25) is 0 Å². The van der Waals surface area contributed by atoms with Crippen LogP contribution < -0.4 is 10.1 Å². The summed E-state index contributed by atoms with van der Waals surface area (Å²) >= 11 is 0. The summed E-state index contributed by atoms with van der Waals surface area (Å²) in [7, 11) is 0. The molecule has 0 saturated carbocycles. The number of rotatable bonds is 7. The summed E-state index contributed by atoms with van der Waals surface area (Å²) in [4.78, 5) is 13.9. The zero-order valence-corrected chi connectivity index (χ0v) is 15.3. The van der Waals surface area contributed by atoms with Crippen LogP contribution in [0.3, 0.4) is 0 Å². The maximum Gasteiger partial charge on any atom is 0.317 e. The van der Waals surface area contributed by atoms with E-state index in [1.165, 1.54) is 5.56 Å². The van der Waals surface area contributed by atoms with Crippen molar-refractivity contribution in [1.82, 2.24) is 10.2 Å². The molecule has 136 valence electrons. The number of piperidine rings is 1. The minimum atomic E-state index is -0.0231. The first kappa shape index (κ1) is 19.1. The molecule has 1 saturated heterocycles. The van der Waals surface area contributed by atoms with Crippen molar-refractivity contribution in [2.24, 2.45) is 11.8 Å². The number of amides is 2. The van der Waals surface area contributed by atoms with Gasteiger partial charge in [-0.15, -0.1) is 0 Å². The summed E-state index contributed by atoms with van der Waals surface area (Å²) in [6.07, 6.45) is 3.41. The minimum absolute atomic E-state index is 0.0231. The van der Waals surface area contributed by atoms with Crippen LogP contribution in [-0.4, -0.2) is 37.2 Å². The predicted octanol–water partition coefficient (Wildman–Crippen LogP) is 3.60. The van der Waals surface area contributed by atoms with Gasteiger partial charge in [-0.05, 0) is 49.3 Å². The molecule has 0 aromatic heterocycles. The van der Waals surface area contributed by atoms with Crippen LogP contribution in [0, 0.1) is 23.2 Å². The lowest BCUT2D eigenvalue weighted by atomic mass is 9.99. The van der Waals surface area contributed by atoms with Gasteiger partial charge < -0.3 is 15.0 Å². The highest BCUT2D eigenvalue weighted by Crippen LogP contribution is 2.16. The second kappa shape index (κ2) is 9.93. The topological polar surface area (TPSA) is 65.4 Å². The molecule has 1 N–H and O–H groups in total. The molecule has 1 heterocycles. The van der Waals surface area contributed by atoms with E-state index in [-0.39, 0.29) is 11.9 Å². The Hall–Kier alpha value is -2.22. The van der Waals surface area contributed by atoms with Crippen LogP contribution in [0.1, 0.15) is 38.7 Å². The lowest BCUT2D eigenvalue weighted by Crippen LogP contribution is -2.44. The Kier molecular flexibility index (Phi) is 7.59. The van der Waals surface area contributed by atoms with Crippen LogP contribution in [-0.2, 0) is 6.42 Å². The Morgan fingerprint density at radius 1 is 1.32 bits per heavy atom. The van der Waals surface area contributed by atoms with Crippen molar-refractivity contribution in [3.05, 3.63) is 29.8 Å². The number of nitrogens with one attached hydrogen (secondary N) is 1. The van der Waals surface area contributed by atoms with Crippen molar-refractivity contribution >= 4 is 6.03 Å². The van der Waals surface area contributed by atoms with Crippen LogP contribution >= 0.6 is 0 Å². The summed E-state index contributed by atoms with van der Waals surface area (Å²) in [6.45, 7) is 7.08. The predicted molar refractivity (Wildman–Crippen MR) is 98.4 cm³/mol. The minimum Gasteiger partial charge on any atom is -0.494 e. The zero-order valence-electron chi connectivity index (χ0n) is 15.3. The number of carbonyl (C=O) groups excluding carboxylic acids is 1. The third-order valence-electron chi connectivity index (χ3n) is 4.54. The maximum absolute atomic E-state index is 12.1. The lowest BCUT2D eigenvalue weighted by Gasteiger charge is -2.29. The van der Waals surface area contributed by atoms with E-state index >= 15 is 0 Å². The molecule has 0 radical (unpaired) electrons. The van der Waals surface area contributed by atoms with Crippen LogP contribution in [0.4, 0.5) is 4.79 Å². The largest absolute Gasteiger partial charge is 0.494 e. The highest BCUT2D eigenvalue weighted by molar-refractivity contribution is 5.74. The van der Waals surface area contributed by atoms with E-state index in [1.54, 1.807) is 4.90 Å². The molecular formula is C20H29N3O2. The van der Waals surface area contributed by atoms with Crippen molar-refractivity contribution < 1.29 is 9.53 Å². The van der Waals surface area contributed by atoms with Crippen LogP contribution in [0.15, 0.2) is 24.3 Å². The van der Waals surface area contributed by atoms with Crippen molar-refractivity contribution in [3.8, 4) is 11.8 Å². The molecule has 1 fully saturated rings. The van der Waals surface area contributed by atoms with Gasteiger partial charge in [-0.25, -0.2) is 4.79 Å². The van der Waals surface area contributed by atoms with E-state index in [2.05, 4.69) is 37.4 Å². The van der Waals surface area contributed by atoms with Gasteiger partial charge in [0.1, 0.15) is 5.75 Å². The number of nitrogens with zero attached hydrogens (tertiary/aromatic N) is 2. The highest BCUT2D eigenvalue weighted by Gasteiger charge is 2.21. The van der Waals surface area contributed by atoms with Gasteiger partial charge in [0, 0.05) is 25.6 Å². The Morgan fingerprint density at radius 3 is 2.60 bits per heavy atom. The fourth-order valence-corrected chi connectivity index (χ4v) is 2.80. The standard InChI is InChI=1S/C20H29N3O2/c1-16(2)10-14-25-19-5-3-17(4-6-19)7-11-22-20(24)23-12-8-18(15-21)9-13-23/h3-6,16,18H,7-14H2,1-2H3,(H,22,24). The summed E-state index contributed by atoms with van der Waals surface area (Å²) in [6, 6.07) is 10.3. The van der Waals surface area contributed by atoms with Crippen LogP contribution in [0.5, 0.6) is 5.75 Å². The Bertz CT molecular complexity index is 570. The summed E-state index contributed by atoms with van der Waals surface area (Å²) in [5, 5.41) is 11.9. The van der Waals surface area contributed by atoms with E-state index in [0.717, 1.165) is 38.0 Å². The number of likely N-dealkylation sites (tertiary alicyclic amines) is 1. The van der Waals surface area contributed by atoms with E-state index in [0.29, 0.717) is 25.6 Å². The SMILES string of the molecule is CC(C)CCOc1ccc(CCNC(=O)N2CCC(C#N)CC2)cc1. The Morgan fingerprint density at radius 2 is 2.00 bits per heavy atom. The molecule has 2 amide bonds. The first-order valence-corrected chi connectivity index (χ1v) is 9.22. The van der Waals surface area contributed by atoms with Crippen molar-refractivity contribution in [2.75, 3.05) is 26.2 Å². The monoisotopic (exact) mass is 343 g/mol. The molecule has 1 aliphatic rings. The van der Waals surface area contributed by atoms with Gasteiger partial charge in [0.05, 0.1) is 12.7 Å². The average Bonchev–Trinajstić information content (AvgIpc) is 2.62. The van der Waals surface area contributed by atoms with Crippen molar-refractivity contribution in [3.63, 3.8) is 0 Å². The first-order chi connectivity index (χ1) is 12.1. The molecule has 0 aliphatic carbocycles. The normalized spacial score (nSPS) is 15.0. The molecule has 5 heteroatoms. The van der Waals surface area contributed by atoms with E-state index in [9.17, 15) is 4.79 Å². The number of nitriles is 1. The van der Waals surface area contributed by atoms with E-state index in [1.807, 2.05) is 12.1 Å². The number of urea groups is 1. The second-order valence-corrected chi connectivity index (χ2v) is 7.05. The fraction of sp³-hybridized carbons (Fsp3) is 0.600. The molecule has 2 rings (SSSR count). The van der Waals surface area contributed by atoms with Gasteiger partial charge in [0.25, 0.3) is 0 Å². The van der Waals surface area contributed by atoms with Crippen molar-refractivity contribution in [1.29, 1.82) is 5.26 Å². The van der Waals surface area contributed by atoms with Crippen LogP contribution in [0.2, 0.25) is 0 Å². The molecular weight excluding hydrogens is 314 g/mol. The quantitative estimate of drug-likeness (QED) is 0.822. The average molecular weight is 343 g/mol. The van der Waals surface area contributed by atoms with E-state index < -0.39 is 0 Å². The lowest BCUT2D eigenvalue weighted by molar-refractivity contribution is 0.179. The molecule has 1 aromatic rings. The molecule has 0 unspecified atom stereocenters. The Balaban J connectivity index is 1.66. The number of hydrogen-bond donors (Lipinski definition) is 1. The second-order valence-electron chi connectivity index (χ2n) is 7.05. The number of hydrogen-bond acceptors (Lipinski definition) is 3.